The van der Waals surface area contributed by atoms with Gasteiger partial charge in [0.25, 0.3) is 0 Å². The standard InChI is InChI=1S/C39H43N7O6/c1-24(2)36(44-39(51)52-3)38(50)46-18-8-12-31(46)37(49)43-33-16-14-27-20-26(13-15-29(27)42-33)28-22-40-34(41-23-28)21-32(47)30-11-7-17-45(30)35(48)19-25-9-5-4-6-10-25/h4-6,9-10,13-16,20,22-24,30-31,36H,7-8,11-12,17-19,21H2,1-3H3,(H,44,51)(H,42,43,49)/t30-,31-,36-/m0/s1. The topological polar surface area (TPSA) is 164 Å². The Kier molecular flexibility index (Phi) is 11.2. The lowest BCUT2D eigenvalue weighted by Gasteiger charge is -2.30. The van der Waals surface area contributed by atoms with Crippen LogP contribution in [0, 0.1) is 5.92 Å². The van der Waals surface area contributed by atoms with E-state index in [1.54, 1.807) is 23.4 Å². The number of carbonyl (C=O) groups is 5. The van der Waals surface area contributed by atoms with Crippen molar-refractivity contribution in [3.63, 3.8) is 0 Å². The minimum Gasteiger partial charge on any atom is -0.453 e. The molecule has 2 fully saturated rings. The van der Waals surface area contributed by atoms with E-state index < -0.39 is 24.2 Å². The Balaban J connectivity index is 1.07. The van der Waals surface area contributed by atoms with Crippen LogP contribution in [0.15, 0.2) is 73.1 Å². The van der Waals surface area contributed by atoms with Crippen molar-refractivity contribution in [2.75, 3.05) is 25.5 Å². The fourth-order valence-electron chi connectivity index (χ4n) is 6.91. The van der Waals surface area contributed by atoms with Crippen molar-refractivity contribution in [3.05, 3.63) is 84.4 Å². The van der Waals surface area contributed by atoms with Crippen LogP contribution in [0.5, 0.6) is 0 Å². The predicted molar refractivity (Wildman–Crippen MR) is 194 cm³/mol. The Morgan fingerprint density at radius 1 is 0.846 bits per heavy atom. The van der Waals surface area contributed by atoms with E-state index >= 15 is 0 Å². The molecule has 4 amide bonds. The number of rotatable bonds is 11. The molecule has 2 N–H and O–H groups in total. The maximum absolute atomic E-state index is 13.4. The van der Waals surface area contributed by atoms with E-state index in [0.717, 1.165) is 28.5 Å². The normalized spacial score (nSPS) is 17.6. The summed E-state index contributed by atoms with van der Waals surface area (Å²) in [5.74, 6) is -0.213. The van der Waals surface area contributed by atoms with Gasteiger partial charge in [-0.3, -0.25) is 19.2 Å². The Morgan fingerprint density at radius 2 is 1.56 bits per heavy atom. The number of anilines is 1. The number of fused-ring (bicyclic) bond motifs is 1. The predicted octanol–water partition coefficient (Wildman–Crippen LogP) is 4.35. The number of carbonyl (C=O) groups excluding carboxylic acids is 5. The average molecular weight is 706 g/mol. The first-order valence-electron chi connectivity index (χ1n) is 17.7. The molecule has 3 atom stereocenters. The van der Waals surface area contributed by atoms with Gasteiger partial charge in [-0.25, -0.2) is 19.7 Å². The second-order valence-corrected chi connectivity index (χ2v) is 13.6. The van der Waals surface area contributed by atoms with Crippen LogP contribution in [0.2, 0.25) is 0 Å². The molecular formula is C39H43N7O6. The maximum atomic E-state index is 13.4. The number of Topliss-reactive ketones (excluding diaryl/α,β-unsaturated/α-hetero) is 1. The van der Waals surface area contributed by atoms with Gasteiger partial charge in [-0.2, -0.15) is 0 Å². The van der Waals surface area contributed by atoms with Crippen molar-refractivity contribution in [3.8, 4) is 11.1 Å². The number of hydrogen-bond acceptors (Lipinski definition) is 9. The Labute approximate surface area is 302 Å². The molecule has 0 radical (unpaired) electrons. The molecule has 0 aliphatic carbocycles. The molecule has 0 unspecified atom stereocenters. The first-order valence-corrected chi connectivity index (χ1v) is 17.7. The number of ketones is 1. The van der Waals surface area contributed by atoms with Gasteiger partial charge in [0.05, 0.1) is 31.5 Å². The molecule has 2 aliphatic heterocycles. The number of alkyl carbamates (subject to hydrolysis) is 1. The molecule has 2 saturated heterocycles. The van der Waals surface area contributed by atoms with Crippen molar-refractivity contribution in [1.82, 2.24) is 30.1 Å². The number of benzene rings is 2. The third-order valence-electron chi connectivity index (χ3n) is 9.68. The summed E-state index contributed by atoms with van der Waals surface area (Å²) in [7, 11) is 1.24. The molecule has 2 aromatic carbocycles. The number of methoxy groups -OCH3 is 1. The van der Waals surface area contributed by atoms with Crippen molar-refractivity contribution in [2.45, 2.75) is 70.5 Å². The van der Waals surface area contributed by atoms with Gasteiger partial charge >= 0.3 is 6.09 Å². The van der Waals surface area contributed by atoms with Gasteiger partial charge in [0, 0.05) is 36.4 Å². The molecule has 4 heterocycles. The van der Waals surface area contributed by atoms with Gasteiger partial charge in [0.2, 0.25) is 17.7 Å². The van der Waals surface area contributed by atoms with Crippen molar-refractivity contribution >= 4 is 46.3 Å². The monoisotopic (exact) mass is 705 g/mol. The van der Waals surface area contributed by atoms with E-state index in [9.17, 15) is 24.0 Å². The molecule has 6 rings (SSSR count). The minimum absolute atomic E-state index is 0.0443. The molecular weight excluding hydrogens is 662 g/mol. The van der Waals surface area contributed by atoms with Gasteiger partial charge in [0.15, 0.2) is 5.78 Å². The summed E-state index contributed by atoms with van der Waals surface area (Å²) in [6.07, 6.45) is 5.58. The third-order valence-corrected chi connectivity index (χ3v) is 9.68. The summed E-state index contributed by atoms with van der Waals surface area (Å²) in [6, 6.07) is 16.8. The number of nitrogens with one attached hydrogen (secondary N) is 2. The molecule has 270 valence electrons. The smallest absolute Gasteiger partial charge is 0.407 e. The fourth-order valence-corrected chi connectivity index (χ4v) is 6.91. The molecule has 4 aromatic rings. The fraction of sp³-hybridized carbons (Fsp3) is 0.385. The SMILES string of the molecule is COC(=O)N[C@H](C(=O)N1CCC[C@H]1C(=O)Nc1ccc2cc(-c3cnc(CC(=O)[C@@H]4CCCN4C(=O)Cc4ccccc4)nc3)ccc2n1)C(C)C. The van der Waals surface area contributed by atoms with Gasteiger partial charge in [-0.1, -0.05) is 50.2 Å². The van der Waals surface area contributed by atoms with E-state index in [4.69, 9.17) is 0 Å². The van der Waals surface area contributed by atoms with Crippen LogP contribution >= 0.6 is 0 Å². The zero-order chi connectivity index (χ0) is 36.8. The highest BCUT2D eigenvalue weighted by Crippen LogP contribution is 2.26. The minimum atomic E-state index is -0.817. The van der Waals surface area contributed by atoms with Crippen LogP contribution in [0.1, 0.15) is 50.9 Å². The lowest BCUT2D eigenvalue weighted by atomic mass is 10.0. The van der Waals surface area contributed by atoms with E-state index in [1.165, 1.54) is 12.0 Å². The molecule has 2 aromatic heterocycles. The van der Waals surface area contributed by atoms with Crippen LogP contribution in [-0.2, 0) is 36.8 Å². The Morgan fingerprint density at radius 3 is 2.27 bits per heavy atom. The molecule has 13 nitrogen and oxygen atoms in total. The van der Waals surface area contributed by atoms with Gasteiger partial charge in [-0.15, -0.1) is 0 Å². The van der Waals surface area contributed by atoms with Gasteiger partial charge < -0.3 is 25.2 Å². The number of amides is 4. The van der Waals surface area contributed by atoms with E-state index in [2.05, 4.69) is 30.3 Å². The van der Waals surface area contributed by atoms with Crippen LogP contribution in [0.4, 0.5) is 10.6 Å². The summed E-state index contributed by atoms with van der Waals surface area (Å²) in [5.41, 5.74) is 3.21. The molecule has 0 saturated carbocycles. The van der Waals surface area contributed by atoms with Gasteiger partial charge in [-0.05, 0) is 67.0 Å². The van der Waals surface area contributed by atoms with E-state index in [0.29, 0.717) is 49.5 Å². The average Bonchev–Trinajstić information content (AvgIpc) is 3.85. The largest absolute Gasteiger partial charge is 0.453 e. The second-order valence-electron chi connectivity index (χ2n) is 13.6. The quantitative estimate of drug-likeness (QED) is 0.231. The number of aromatic nitrogens is 3. The highest BCUT2D eigenvalue weighted by atomic mass is 16.5. The summed E-state index contributed by atoms with van der Waals surface area (Å²) < 4.78 is 4.68. The maximum Gasteiger partial charge on any atom is 0.407 e. The van der Waals surface area contributed by atoms with Crippen molar-refractivity contribution in [1.29, 1.82) is 0 Å². The van der Waals surface area contributed by atoms with Crippen LogP contribution in [0.3, 0.4) is 0 Å². The number of nitrogens with zero attached hydrogens (tertiary/aromatic N) is 5. The Bertz CT molecular complexity index is 1950. The van der Waals surface area contributed by atoms with Gasteiger partial charge in [0.1, 0.15) is 23.7 Å². The van der Waals surface area contributed by atoms with Crippen molar-refractivity contribution in [2.24, 2.45) is 5.92 Å². The third kappa shape index (κ3) is 8.25. The second kappa shape index (κ2) is 16.1. The number of pyridine rings is 1. The summed E-state index contributed by atoms with van der Waals surface area (Å²) in [5, 5.41) is 6.29. The van der Waals surface area contributed by atoms with Crippen LogP contribution < -0.4 is 10.6 Å². The van der Waals surface area contributed by atoms with Crippen LogP contribution in [-0.4, -0.2) is 92.7 Å². The molecule has 0 bridgehead atoms. The lowest BCUT2D eigenvalue weighted by Crippen LogP contribution is -2.54. The molecule has 13 heteroatoms. The number of likely N-dealkylation sites (tertiary alicyclic amines) is 2. The highest BCUT2D eigenvalue weighted by Gasteiger charge is 2.39. The summed E-state index contributed by atoms with van der Waals surface area (Å²) in [4.78, 5) is 81.6. The summed E-state index contributed by atoms with van der Waals surface area (Å²) in [6.45, 7) is 4.63. The van der Waals surface area contributed by atoms with E-state index in [-0.39, 0.29) is 42.3 Å². The van der Waals surface area contributed by atoms with Crippen LogP contribution in [0.25, 0.3) is 22.0 Å². The van der Waals surface area contributed by atoms with E-state index in [1.807, 2.05) is 68.4 Å². The number of hydrogen-bond donors (Lipinski definition) is 2. The summed E-state index contributed by atoms with van der Waals surface area (Å²) >= 11 is 0. The Hall–Kier alpha value is -5.72. The first-order chi connectivity index (χ1) is 25.1. The number of ether oxygens (including phenoxy) is 1. The molecule has 2 aliphatic rings. The lowest BCUT2D eigenvalue weighted by molar-refractivity contribution is -0.139. The first kappa shape index (κ1) is 36.1. The zero-order valence-corrected chi connectivity index (χ0v) is 29.6. The molecule has 0 spiro atoms. The molecule has 52 heavy (non-hydrogen) atoms. The zero-order valence-electron chi connectivity index (χ0n) is 29.6. The van der Waals surface area contributed by atoms with Crippen molar-refractivity contribution < 1.29 is 28.7 Å². The highest BCUT2D eigenvalue weighted by molar-refractivity contribution is 5.99.